The van der Waals surface area contributed by atoms with Crippen molar-refractivity contribution in [2.24, 2.45) is 0 Å². The van der Waals surface area contributed by atoms with Gasteiger partial charge in [-0.25, -0.2) is 15.0 Å². The van der Waals surface area contributed by atoms with E-state index >= 15 is 0 Å². The minimum atomic E-state index is 0.614. The minimum absolute atomic E-state index is 0.614. The predicted molar refractivity (Wildman–Crippen MR) is 285 cm³/mol. The standard InChI is InChI=1S/C63H40N4S/c1-6-19-41(20-7-1)46-37-47(42-21-8-2-9-22-42)39-48(38-46)45-33-34-50(55(40-45)63-65-61(43-23-10-3-11-24-43)64-62(66-63)44-25-12-4-13-26-44)51-30-18-31-52-53-35-36-57-58(60(53)68-59(51)52)54-29-16-17-32-56(54)67(57)49-27-14-5-15-28-49/h1-40H. The van der Waals surface area contributed by atoms with Crippen molar-refractivity contribution in [3.05, 3.63) is 243 Å². The van der Waals surface area contributed by atoms with E-state index in [0.717, 1.165) is 55.8 Å². The summed E-state index contributed by atoms with van der Waals surface area (Å²) >= 11 is 1.87. The molecule has 0 unspecified atom stereocenters. The summed E-state index contributed by atoms with van der Waals surface area (Å²) in [5, 5.41) is 4.99. The zero-order valence-electron chi connectivity index (χ0n) is 36.8. The molecule has 0 saturated heterocycles. The van der Waals surface area contributed by atoms with Crippen LogP contribution in [0.5, 0.6) is 0 Å². The zero-order chi connectivity index (χ0) is 45.0. The number of hydrogen-bond acceptors (Lipinski definition) is 4. The molecule has 0 aliphatic rings. The molecule has 3 heterocycles. The van der Waals surface area contributed by atoms with Gasteiger partial charge in [0.2, 0.25) is 0 Å². The van der Waals surface area contributed by atoms with E-state index in [1.54, 1.807) is 0 Å². The van der Waals surface area contributed by atoms with E-state index in [1.807, 2.05) is 47.7 Å². The lowest BCUT2D eigenvalue weighted by molar-refractivity contribution is 1.07. The average Bonchev–Trinajstić information content (AvgIpc) is 3.98. The lowest BCUT2D eigenvalue weighted by Gasteiger charge is -2.16. The Morgan fingerprint density at radius 1 is 0.279 bits per heavy atom. The smallest absolute Gasteiger partial charge is 0.164 e. The van der Waals surface area contributed by atoms with Gasteiger partial charge in [-0.2, -0.15) is 0 Å². The van der Waals surface area contributed by atoms with Crippen LogP contribution in [0.2, 0.25) is 0 Å². The number of para-hydroxylation sites is 2. The summed E-state index contributed by atoms with van der Waals surface area (Å²) in [6.07, 6.45) is 0. The van der Waals surface area contributed by atoms with Gasteiger partial charge in [-0.15, -0.1) is 11.3 Å². The summed E-state index contributed by atoms with van der Waals surface area (Å²) in [7, 11) is 0. The molecule has 318 valence electrons. The van der Waals surface area contributed by atoms with Crippen LogP contribution in [0.3, 0.4) is 0 Å². The number of thiophene rings is 1. The predicted octanol–water partition coefficient (Wildman–Crippen LogP) is 17.0. The molecule has 0 spiro atoms. The summed E-state index contributed by atoms with van der Waals surface area (Å²) in [5.41, 5.74) is 15.3. The van der Waals surface area contributed by atoms with Gasteiger partial charge in [-0.05, 0) is 87.5 Å². The lowest BCUT2D eigenvalue weighted by Crippen LogP contribution is -2.01. The van der Waals surface area contributed by atoms with E-state index < -0.39 is 0 Å². The first-order valence-corrected chi connectivity index (χ1v) is 23.7. The Balaban J connectivity index is 1.08. The van der Waals surface area contributed by atoms with Crippen molar-refractivity contribution in [2.75, 3.05) is 0 Å². The minimum Gasteiger partial charge on any atom is -0.309 e. The molecule has 4 nitrogen and oxygen atoms in total. The molecule has 0 bridgehead atoms. The third-order valence-electron chi connectivity index (χ3n) is 13.0. The molecule has 0 amide bonds. The molecular formula is C63H40N4S. The molecule has 68 heavy (non-hydrogen) atoms. The third kappa shape index (κ3) is 6.88. The van der Waals surface area contributed by atoms with Gasteiger partial charge in [-0.3, -0.25) is 0 Å². The van der Waals surface area contributed by atoms with Crippen LogP contribution in [-0.4, -0.2) is 19.5 Å². The Labute approximate surface area is 397 Å². The molecule has 13 aromatic rings. The highest BCUT2D eigenvalue weighted by Crippen LogP contribution is 2.48. The second-order valence-electron chi connectivity index (χ2n) is 17.1. The maximum atomic E-state index is 5.36. The van der Waals surface area contributed by atoms with E-state index in [9.17, 15) is 0 Å². The summed E-state index contributed by atoms with van der Waals surface area (Å²) < 4.78 is 4.90. The summed E-state index contributed by atoms with van der Waals surface area (Å²) in [6.45, 7) is 0. The number of fused-ring (bicyclic) bond motifs is 7. The molecule has 0 saturated carbocycles. The van der Waals surface area contributed by atoms with Crippen LogP contribution in [0.1, 0.15) is 0 Å². The van der Waals surface area contributed by atoms with Crippen molar-refractivity contribution < 1.29 is 0 Å². The molecule has 10 aromatic carbocycles. The summed E-state index contributed by atoms with van der Waals surface area (Å²) in [5.74, 6) is 1.87. The van der Waals surface area contributed by atoms with Crippen molar-refractivity contribution in [3.8, 4) is 84.4 Å². The Hall–Kier alpha value is -8.77. The van der Waals surface area contributed by atoms with Crippen molar-refractivity contribution in [2.45, 2.75) is 0 Å². The van der Waals surface area contributed by atoms with Gasteiger partial charge in [-0.1, -0.05) is 194 Å². The quantitative estimate of drug-likeness (QED) is 0.153. The fraction of sp³-hybridized carbons (Fsp3) is 0. The van der Waals surface area contributed by atoms with Crippen LogP contribution >= 0.6 is 11.3 Å². The van der Waals surface area contributed by atoms with Crippen LogP contribution in [0.15, 0.2) is 243 Å². The largest absolute Gasteiger partial charge is 0.309 e. The van der Waals surface area contributed by atoms with Crippen LogP contribution in [0, 0.1) is 0 Å². The topological polar surface area (TPSA) is 43.6 Å². The van der Waals surface area contributed by atoms with Gasteiger partial charge in [0.05, 0.1) is 11.0 Å². The monoisotopic (exact) mass is 884 g/mol. The fourth-order valence-electron chi connectivity index (χ4n) is 9.84. The van der Waals surface area contributed by atoms with Crippen molar-refractivity contribution in [3.63, 3.8) is 0 Å². The average molecular weight is 885 g/mol. The molecule has 3 aromatic heterocycles. The van der Waals surface area contributed by atoms with E-state index in [1.165, 1.54) is 53.1 Å². The Bertz CT molecular complexity index is 3880. The summed E-state index contributed by atoms with van der Waals surface area (Å²) in [4.78, 5) is 15.8. The molecule has 13 rings (SSSR count). The second-order valence-corrected chi connectivity index (χ2v) is 18.2. The molecule has 0 N–H and O–H groups in total. The SMILES string of the molecule is c1ccc(-c2cc(-c3ccccc3)cc(-c3ccc(-c4cccc5c4sc4c5ccc5c4c4ccccc4n5-c4ccccc4)c(-c4nc(-c5ccccc5)nc(-c5ccccc5)n4)c3)c2)cc1. The normalized spacial score (nSPS) is 11.5. The van der Waals surface area contributed by atoms with E-state index in [0.29, 0.717) is 17.5 Å². The van der Waals surface area contributed by atoms with E-state index in [4.69, 9.17) is 15.0 Å². The third-order valence-corrected chi connectivity index (χ3v) is 14.3. The van der Waals surface area contributed by atoms with Crippen molar-refractivity contribution in [1.82, 2.24) is 19.5 Å². The van der Waals surface area contributed by atoms with Gasteiger partial charge in [0, 0.05) is 58.9 Å². The highest BCUT2D eigenvalue weighted by molar-refractivity contribution is 7.27. The fourth-order valence-corrected chi connectivity index (χ4v) is 11.2. The van der Waals surface area contributed by atoms with Gasteiger partial charge < -0.3 is 4.57 Å². The Kier molecular flexibility index (Phi) is 9.66. The number of rotatable bonds is 8. The van der Waals surface area contributed by atoms with Crippen molar-refractivity contribution >= 4 is 53.3 Å². The number of aromatic nitrogens is 4. The van der Waals surface area contributed by atoms with Gasteiger partial charge in [0.25, 0.3) is 0 Å². The number of benzene rings is 10. The molecule has 0 aliphatic carbocycles. The Morgan fingerprint density at radius 2 is 0.779 bits per heavy atom. The highest BCUT2D eigenvalue weighted by Gasteiger charge is 2.22. The van der Waals surface area contributed by atoms with Crippen LogP contribution < -0.4 is 0 Å². The number of nitrogens with zero attached hydrogens (tertiary/aromatic N) is 4. The molecule has 0 aliphatic heterocycles. The van der Waals surface area contributed by atoms with Crippen LogP contribution in [-0.2, 0) is 0 Å². The molecule has 0 fully saturated rings. The van der Waals surface area contributed by atoms with Crippen LogP contribution in [0.4, 0.5) is 0 Å². The molecule has 0 radical (unpaired) electrons. The van der Waals surface area contributed by atoms with Gasteiger partial charge >= 0.3 is 0 Å². The molecular weight excluding hydrogens is 845 g/mol. The van der Waals surface area contributed by atoms with Crippen LogP contribution in [0.25, 0.3) is 126 Å². The first-order valence-electron chi connectivity index (χ1n) is 22.9. The second kappa shape index (κ2) is 16.6. The molecule has 0 atom stereocenters. The van der Waals surface area contributed by atoms with Gasteiger partial charge in [0.15, 0.2) is 17.5 Å². The first-order chi connectivity index (χ1) is 33.7. The van der Waals surface area contributed by atoms with E-state index in [2.05, 4.69) is 211 Å². The van der Waals surface area contributed by atoms with Gasteiger partial charge in [0.1, 0.15) is 0 Å². The molecule has 5 heteroatoms. The Morgan fingerprint density at radius 3 is 1.40 bits per heavy atom. The zero-order valence-corrected chi connectivity index (χ0v) is 37.6. The highest BCUT2D eigenvalue weighted by atomic mass is 32.1. The maximum absolute atomic E-state index is 5.36. The lowest BCUT2D eigenvalue weighted by atomic mass is 9.90. The maximum Gasteiger partial charge on any atom is 0.164 e. The summed E-state index contributed by atoms with van der Waals surface area (Å²) in [6, 6.07) is 86.4. The first kappa shape index (κ1) is 39.6. The van der Waals surface area contributed by atoms with E-state index in [-0.39, 0.29) is 0 Å². The number of hydrogen-bond donors (Lipinski definition) is 0. The van der Waals surface area contributed by atoms with Crippen molar-refractivity contribution in [1.29, 1.82) is 0 Å².